The van der Waals surface area contributed by atoms with Gasteiger partial charge in [0.05, 0.1) is 0 Å². The third-order valence-electron chi connectivity index (χ3n) is 4.43. The first-order valence-corrected chi connectivity index (χ1v) is 8.03. The van der Waals surface area contributed by atoms with Crippen molar-refractivity contribution in [2.24, 2.45) is 11.3 Å². The maximum absolute atomic E-state index is 12.4. The molecule has 1 saturated heterocycles. The first kappa shape index (κ1) is 17.5. The molecule has 2 fully saturated rings. The average Bonchev–Trinajstić information content (AvgIpc) is 3.13. The minimum absolute atomic E-state index is 0. The number of thioether (sulfide) groups is 1. The number of halogens is 3. The first-order valence-electron chi connectivity index (χ1n) is 7.16. The molecule has 1 unspecified atom stereocenters. The van der Waals surface area contributed by atoms with Gasteiger partial charge in [-0.05, 0) is 56.0 Å². The number of alkyl halides is 2. The van der Waals surface area contributed by atoms with Crippen LogP contribution >= 0.6 is 24.2 Å². The minimum atomic E-state index is -2.45. The van der Waals surface area contributed by atoms with Gasteiger partial charge in [0.15, 0.2) is 0 Å². The molecule has 0 radical (unpaired) electrons. The zero-order valence-corrected chi connectivity index (χ0v) is 13.6. The number of amides is 1. The van der Waals surface area contributed by atoms with E-state index in [2.05, 4.69) is 10.6 Å². The zero-order chi connectivity index (χ0) is 14.9. The van der Waals surface area contributed by atoms with Crippen LogP contribution in [0.5, 0.6) is 0 Å². The molecular weight excluding hydrogens is 330 g/mol. The van der Waals surface area contributed by atoms with Crippen LogP contribution in [0.1, 0.15) is 19.3 Å². The molecule has 122 valence electrons. The third-order valence-corrected chi connectivity index (χ3v) is 5.14. The Morgan fingerprint density at radius 2 is 2.09 bits per heavy atom. The van der Waals surface area contributed by atoms with Crippen LogP contribution in [0.4, 0.5) is 14.5 Å². The Labute approximate surface area is 139 Å². The van der Waals surface area contributed by atoms with Gasteiger partial charge in [-0.25, -0.2) is 0 Å². The lowest BCUT2D eigenvalue weighted by molar-refractivity contribution is -0.118. The van der Waals surface area contributed by atoms with Crippen LogP contribution in [-0.4, -0.2) is 24.8 Å². The summed E-state index contributed by atoms with van der Waals surface area (Å²) in [6.45, 7) is 1.95. The Bertz CT molecular complexity index is 538. The second-order valence-corrected chi connectivity index (χ2v) is 6.83. The van der Waals surface area contributed by atoms with Crippen LogP contribution < -0.4 is 10.6 Å². The van der Waals surface area contributed by atoms with Gasteiger partial charge >= 0.3 is 0 Å². The van der Waals surface area contributed by atoms with Gasteiger partial charge in [0, 0.05) is 16.5 Å². The van der Waals surface area contributed by atoms with Crippen molar-refractivity contribution in [3.05, 3.63) is 24.3 Å². The Hall–Kier alpha value is -0.850. The van der Waals surface area contributed by atoms with Crippen LogP contribution in [0.2, 0.25) is 0 Å². The van der Waals surface area contributed by atoms with Gasteiger partial charge in [0.25, 0.3) is 5.76 Å². The van der Waals surface area contributed by atoms with Crippen LogP contribution in [0, 0.1) is 11.3 Å². The summed E-state index contributed by atoms with van der Waals surface area (Å²) in [5.41, 5.74) is 0.784. The number of benzene rings is 1. The van der Waals surface area contributed by atoms with E-state index in [1.54, 1.807) is 24.3 Å². The highest BCUT2D eigenvalue weighted by molar-refractivity contribution is 7.99. The summed E-state index contributed by atoms with van der Waals surface area (Å²) in [4.78, 5) is 12.8. The van der Waals surface area contributed by atoms with Crippen LogP contribution in [0.15, 0.2) is 29.2 Å². The topological polar surface area (TPSA) is 41.1 Å². The molecule has 2 N–H and O–H groups in total. The van der Waals surface area contributed by atoms with E-state index < -0.39 is 5.76 Å². The maximum Gasteiger partial charge on any atom is 0.288 e. The van der Waals surface area contributed by atoms with Crippen LogP contribution in [-0.2, 0) is 4.79 Å². The number of hydrogen-bond donors (Lipinski definition) is 2. The molecule has 3 nitrogen and oxygen atoms in total. The van der Waals surface area contributed by atoms with Gasteiger partial charge in [-0.2, -0.15) is 8.78 Å². The number of anilines is 1. The fraction of sp³-hybridized carbons (Fsp3) is 0.533. The van der Waals surface area contributed by atoms with Crippen molar-refractivity contribution in [3.8, 4) is 0 Å². The lowest BCUT2D eigenvalue weighted by Crippen LogP contribution is -2.31. The fourth-order valence-electron chi connectivity index (χ4n) is 3.18. The molecule has 0 aromatic heterocycles. The first-order chi connectivity index (χ1) is 10.1. The standard InChI is InChI=1S/C15H18F2N2OS.ClH/c16-14(17)21-11-3-1-2-10(8-11)19-13(20)12-9-15(12)4-6-18-7-5-15;/h1-3,8,12,14,18H,4-7,9H2,(H,19,20);1H. The van der Waals surface area contributed by atoms with E-state index in [1.165, 1.54) is 0 Å². The number of carbonyl (C=O) groups is 1. The zero-order valence-electron chi connectivity index (χ0n) is 12.0. The van der Waals surface area contributed by atoms with E-state index in [0.29, 0.717) is 22.3 Å². The second kappa shape index (κ2) is 7.15. The monoisotopic (exact) mass is 348 g/mol. The summed E-state index contributed by atoms with van der Waals surface area (Å²) in [7, 11) is 0. The second-order valence-electron chi connectivity index (χ2n) is 5.76. The minimum Gasteiger partial charge on any atom is -0.326 e. The number of nitrogens with one attached hydrogen (secondary N) is 2. The fourth-order valence-corrected chi connectivity index (χ4v) is 3.73. The summed E-state index contributed by atoms with van der Waals surface area (Å²) in [6, 6.07) is 6.66. The SMILES string of the molecule is Cl.O=C(Nc1cccc(SC(F)F)c1)C1CC12CCNCC2. The van der Waals surface area contributed by atoms with Crippen molar-refractivity contribution in [2.75, 3.05) is 18.4 Å². The molecule has 22 heavy (non-hydrogen) atoms. The van der Waals surface area contributed by atoms with Crippen LogP contribution in [0.25, 0.3) is 0 Å². The summed E-state index contributed by atoms with van der Waals surface area (Å²) >= 11 is 0.492. The molecule has 2 aliphatic rings. The molecule has 1 amide bonds. The van der Waals surface area contributed by atoms with Gasteiger partial charge in [0.2, 0.25) is 5.91 Å². The smallest absolute Gasteiger partial charge is 0.288 e. The molecule has 1 aliphatic carbocycles. The number of carbonyl (C=O) groups excluding carboxylic acids is 1. The molecule has 1 heterocycles. The van der Waals surface area contributed by atoms with Crippen molar-refractivity contribution in [2.45, 2.75) is 29.9 Å². The van der Waals surface area contributed by atoms with Gasteiger partial charge in [-0.15, -0.1) is 12.4 Å². The Morgan fingerprint density at radius 1 is 1.36 bits per heavy atom. The van der Waals surface area contributed by atoms with Crippen molar-refractivity contribution >= 4 is 35.8 Å². The molecule has 3 rings (SSSR count). The summed E-state index contributed by atoms with van der Waals surface area (Å²) in [5, 5.41) is 6.18. The van der Waals surface area contributed by atoms with Crippen molar-refractivity contribution in [3.63, 3.8) is 0 Å². The van der Waals surface area contributed by atoms with Gasteiger partial charge in [-0.3, -0.25) is 4.79 Å². The average molecular weight is 349 g/mol. The molecule has 1 atom stereocenters. The third kappa shape index (κ3) is 3.91. The predicted molar refractivity (Wildman–Crippen MR) is 86.8 cm³/mol. The van der Waals surface area contributed by atoms with Gasteiger partial charge in [-0.1, -0.05) is 17.8 Å². The highest BCUT2D eigenvalue weighted by Gasteiger charge is 2.57. The van der Waals surface area contributed by atoms with Crippen molar-refractivity contribution in [1.82, 2.24) is 5.32 Å². The molecule has 7 heteroatoms. The Kier molecular flexibility index (Phi) is 5.69. The Morgan fingerprint density at radius 3 is 2.77 bits per heavy atom. The lowest BCUT2D eigenvalue weighted by atomic mass is 9.92. The van der Waals surface area contributed by atoms with E-state index in [1.807, 2.05) is 0 Å². The van der Waals surface area contributed by atoms with Crippen LogP contribution in [0.3, 0.4) is 0 Å². The number of hydrogen-bond acceptors (Lipinski definition) is 3. The molecular formula is C15H19ClF2N2OS. The Balaban J connectivity index is 0.00000176. The predicted octanol–water partition coefficient (Wildman–Crippen LogP) is 3.75. The molecule has 1 aromatic rings. The summed E-state index contributed by atoms with van der Waals surface area (Å²) in [5.74, 6) is -2.35. The number of rotatable bonds is 4. The van der Waals surface area contributed by atoms with Crippen molar-refractivity contribution in [1.29, 1.82) is 0 Å². The highest BCUT2D eigenvalue weighted by atomic mass is 35.5. The van der Waals surface area contributed by atoms with Gasteiger partial charge in [0.1, 0.15) is 0 Å². The molecule has 1 aliphatic heterocycles. The van der Waals surface area contributed by atoms with E-state index in [9.17, 15) is 13.6 Å². The van der Waals surface area contributed by atoms with Crippen molar-refractivity contribution < 1.29 is 13.6 Å². The van der Waals surface area contributed by atoms with E-state index >= 15 is 0 Å². The van der Waals surface area contributed by atoms with E-state index in [0.717, 1.165) is 32.4 Å². The molecule has 1 spiro atoms. The van der Waals surface area contributed by atoms with E-state index in [-0.39, 0.29) is 29.6 Å². The summed E-state index contributed by atoms with van der Waals surface area (Å²) in [6.07, 6.45) is 3.05. The summed E-state index contributed by atoms with van der Waals surface area (Å²) < 4.78 is 24.7. The molecule has 1 aromatic carbocycles. The quantitative estimate of drug-likeness (QED) is 0.814. The van der Waals surface area contributed by atoms with Gasteiger partial charge < -0.3 is 10.6 Å². The molecule has 1 saturated carbocycles. The maximum atomic E-state index is 12.4. The number of piperidine rings is 1. The highest BCUT2D eigenvalue weighted by Crippen LogP contribution is 2.58. The molecule has 0 bridgehead atoms. The lowest BCUT2D eigenvalue weighted by Gasteiger charge is -2.23. The largest absolute Gasteiger partial charge is 0.326 e. The van der Waals surface area contributed by atoms with E-state index in [4.69, 9.17) is 0 Å². The normalized spacial score (nSPS) is 22.2.